The Morgan fingerprint density at radius 3 is 2.83 bits per heavy atom. The molecule has 1 N–H and O–H groups in total. The summed E-state index contributed by atoms with van der Waals surface area (Å²) in [7, 11) is 2.10. The van der Waals surface area contributed by atoms with E-state index in [0.29, 0.717) is 0 Å². The van der Waals surface area contributed by atoms with Gasteiger partial charge in [-0.3, -0.25) is 4.90 Å². The van der Waals surface area contributed by atoms with Gasteiger partial charge in [-0.15, -0.1) is 0 Å². The summed E-state index contributed by atoms with van der Waals surface area (Å²) >= 11 is 3.50. The van der Waals surface area contributed by atoms with Gasteiger partial charge in [-0.25, -0.2) is 0 Å². The molecule has 0 aromatic heterocycles. The number of benzene rings is 1. The topological polar surface area (TPSA) is 26.7 Å². The highest BCUT2D eigenvalue weighted by molar-refractivity contribution is 9.10. The van der Waals surface area contributed by atoms with Crippen molar-refractivity contribution in [3.05, 3.63) is 28.2 Å². The Hall–Kier alpha value is -0.580. The molecular weight excluding hydrogens is 292 g/mol. The predicted octanol–water partition coefficient (Wildman–Crippen LogP) is 2.26. The van der Waals surface area contributed by atoms with Gasteiger partial charge in [0.25, 0.3) is 0 Å². The summed E-state index contributed by atoms with van der Waals surface area (Å²) in [4.78, 5) is 4.65. The monoisotopic (exact) mass is 312 g/mol. The molecule has 1 saturated heterocycles. The third-order valence-corrected chi connectivity index (χ3v) is 4.20. The molecule has 100 valence electrons. The van der Waals surface area contributed by atoms with Gasteiger partial charge in [0.1, 0.15) is 0 Å². The smallest absolute Gasteiger partial charge is 0.0603 e. The van der Waals surface area contributed by atoms with Crippen LogP contribution in [0.25, 0.3) is 0 Å². The zero-order chi connectivity index (χ0) is 13.1. The summed E-state index contributed by atoms with van der Waals surface area (Å²) in [6.45, 7) is 5.38. The van der Waals surface area contributed by atoms with Crippen LogP contribution in [0, 0.1) is 6.92 Å². The Morgan fingerprint density at radius 2 is 2.17 bits per heavy atom. The summed E-state index contributed by atoms with van der Waals surface area (Å²) < 4.78 is 1.12. The number of hydrogen-bond acceptors (Lipinski definition) is 3. The van der Waals surface area contributed by atoms with Crippen LogP contribution in [0.15, 0.2) is 22.7 Å². The fourth-order valence-corrected chi connectivity index (χ4v) is 3.04. The van der Waals surface area contributed by atoms with Crippen LogP contribution in [-0.4, -0.2) is 49.3 Å². The Morgan fingerprint density at radius 1 is 1.39 bits per heavy atom. The lowest BCUT2D eigenvalue weighted by molar-refractivity contribution is 0.159. The molecule has 4 heteroatoms. The van der Waals surface area contributed by atoms with Crippen molar-refractivity contribution in [2.75, 3.05) is 38.2 Å². The first-order valence-corrected chi connectivity index (χ1v) is 7.23. The van der Waals surface area contributed by atoms with E-state index in [4.69, 9.17) is 0 Å². The number of aliphatic hydroxyl groups excluding tert-OH is 1. The predicted molar refractivity (Wildman–Crippen MR) is 79.2 cm³/mol. The quantitative estimate of drug-likeness (QED) is 0.907. The van der Waals surface area contributed by atoms with Crippen LogP contribution < -0.4 is 4.90 Å². The van der Waals surface area contributed by atoms with E-state index >= 15 is 0 Å². The Bertz CT molecular complexity index is 411. The number of nitrogens with zero attached hydrogens (tertiary/aromatic N) is 2. The molecule has 1 fully saturated rings. The van der Waals surface area contributed by atoms with Crippen LogP contribution in [0.1, 0.15) is 12.0 Å². The average molecular weight is 313 g/mol. The van der Waals surface area contributed by atoms with Gasteiger partial charge in [0.05, 0.1) is 6.61 Å². The van der Waals surface area contributed by atoms with E-state index in [9.17, 15) is 5.11 Å². The van der Waals surface area contributed by atoms with Crippen molar-refractivity contribution >= 4 is 21.6 Å². The summed E-state index contributed by atoms with van der Waals surface area (Å²) in [6, 6.07) is 6.64. The van der Waals surface area contributed by atoms with E-state index in [2.05, 4.69) is 57.9 Å². The number of likely N-dealkylation sites (N-methyl/N-ethyl adjacent to an activating group) is 1. The first kappa shape index (κ1) is 13.8. The van der Waals surface area contributed by atoms with Crippen molar-refractivity contribution in [2.24, 2.45) is 0 Å². The fraction of sp³-hybridized carbons (Fsp3) is 0.571. The maximum absolute atomic E-state index is 9.49. The first-order valence-electron chi connectivity index (χ1n) is 6.44. The molecule has 1 heterocycles. The van der Waals surface area contributed by atoms with Crippen molar-refractivity contribution in [2.45, 2.75) is 19.4 Å². The Labute approximate surface area is 118 Å². The van der Waals surface area contributed by atoms with E-state index in [1.165, 1.54) is 11.3 Å². The number of aliphatic hydroxyl groups is 1. The highest BCUT2D eigenvalue weighted by atomic mass is 79.9. The van der Waals surface area contributed by atoms with Gasteiger partial charge in [-0.2, -0.15) is 0 Å². The van der Waals surface area contributed by atoms with Crippen LogP contribution in [-0.2, 0) is 0 Å². The largest absolute Gasteiger partial charge is 0.395 e. The summed E-state index contributed by atoms with van der Waals surface area (Å²) in [5.74, 6) is 0. The normalized spacial score (nSPS) is 22.0. The Balaban J connectivity index is 2.21. The molecule has 1 unspecified atom stereocenters. The number of halogens is 1. The summed E-state index contributed by atoms with van der Waals surface area (Å²) in [5, 5.41) is 9.49. The van der Waals surface area contributed by atoms with Crippen molar-refractivity contribution in [3.8, 4) is 0 Å². The third-order valence-electron chi connectivity index (χ3n) is 3.70. The molecule has 1 aromatic carbocycles. The standard InChI is InChI=1S/C14H21BrN2O/c1-11-8-12(15)4-5-14(11)17-7-3-6-16(2)13(9-17)10-18/h4-5,8,13,18H,3,6-7,9-10H2,1-2H3. The molecule has 3 nitrogen and oxygen atoms in total. The second-order valence-electron chi connectivity index (χ2n) is 5.05. The number of aryl methyl sites for hydroxylation is 1. The lowest BCUT2D eigenvalue weighted by Crippen LogP contribution is -2.41. The van der Waals surface area contributed by atoms with Gasteiger partial charge in [-0.05, 0) is 50.7 Å². The molecule has 0 bridgehead atoms. The van der Waals surface area contributed by atoms with Crippen LogP contribution in [0.3, 0.4) is 0 Å². The molecular formula is C14H21BrN2O. The van der Waals surface area contributed by atoms with Gasteiger partial charge in [0, 0.05) is 29.3 Å². The molecule has 1 aliphatic rings. The second-order valence-corrected chi connectivity index (χ2v) is 5.96. The zero-order valence-corrected chi connectivity index (χ0v) is 12.7. The molecule has 1 aromatic rings. The number of rotatable bonds is 2. The second kappa shape index (κ2) is 6.04. The molecule has 1 atom stereocenters. The zero-order valence-electron chi connectivity index (χ0n) is 11.1. The summed E-state index contributed by atoms with van der Waals surface area (Å²) in [6.07, 6.45) is 1.14. The molecule has 18 heavy (non-hydrogen) atoms. The third kappa shape index (κ3) is 3.05. The van der Waals surface area contributed by atoms with E-state index < -0.39 is 0 Å². The maximum Gasteiger partial charge on any atom is 0.0603 e. The van der Waals surface area contributed by atoms with Crippen LogP contribution in [0.4, 0.5) is 5.69 Å². The average Bonchev–Trinajstić information content (AvgIpc) is 2.51. The van der Waals surface area contributed by atoms with E-state index in [-0.39, 0.29) is 12.6 Å². The molecule has 0 radical (unpaired) electrons. The fourth-order valence-electron chi connectivity index (χ4n) is 2.57. The van der Waals surface area contributed by atoms with Gasteiger partial charge in [-0.1, -0.05) is 15.9 Å². The first-order chi connectivity index (χ1) is 8.61. The molecule has 0 spiro atoms. The lowest BCUT2D eigenvalue weighted by atomic mass is 10.1. The van der Waals surface area contributed by atoms with Gasteiger partial charge in [0.2, 0.25) is 0 Å². The van der Waals surface area contributed by atoms with Crippen molar-refractivity contribution in [1.29, 1.82) is 0 Å². The van der Waals surface area contributed by atoms with E-state index in [1.807, 2.05) is 0 Å². The SMILES string of the molecule is Cc1cc(Br)ccc1N1CCCN(C)C(CO)C1. The van der Waals surface area contributed by atoms with Crippen molar-refractivity contribution in [3.63, 3.8) is 0 Å². The molecule has 0 aliphatic carbocycles. The van der Waals surface area contributed by atoms with Crippen LogP contribution in [0.5, 0.6) is 0 Å². The molecule has 0 saturated carbocycles. The van der Waals surface area contributed by atoms with Crippen LogP contribution >= 0.6 is 15.9 Å². The summed E-state index contributed by atoms with van der Waals surface area (Å²) in [5.41, 5.74) is 2.57. The minimum Gasteiger partial charge on any atom is -0.395 e. The highest BCUT2D eigenvalue weighted by Gasteiger charge is 2.22. The maximum atomic E-state index is 9.49. The van der Waals surface area contributed by atoms with E-state index in [0.717, 1.165) is 30.5 Å². The molecule has 1 aliphatic heterocycles. The van der Waals surface area contributed by atoms with Gasteiger partial charge >= 0.3 is 0 Å². The minimum absolute atomic E-state index is 0.225. The van der Waals surface area contributed by atoms with Gasteiger partial charge < -0.3 is 10.0 Å². The van der Waals surface area contributed by atoms with Crippen molar-refractivity contribution < 1.29 is 5.11 Å². The van der Waals surface area contributed by atoms with Crippen molar-refractivity contribution in [1.82, 2.24) is 4.90 Å². The highest BCUT2D eigenvalue weighted by Crippen LogP contribution is 2.25. The van der Waals surface area contributed by atoms with E-state index in [1.54, 1.807) is 0 Å². The molecule has 2 rings (SSSR count). The Kier molecular flexibility index (Phi) is 4.65. The number of hydrogen-bond donors (Lipinski definition) is 1. The number of anilines is 1. The van der Waals surface area contributed by atoms with Gasteiger partial charge in [0.15, 0.2) is 0 Å². The minimum atomic E-state index is 0.225. The molecule has 0 amide bonds. The van der Waals surface area contributed by atoms with Crippen LogP contribution in [0.2, 0.25) is 0 Å². The lowest BCUT2D eigenvalue weighted by Gasteiger charge is -2.29.